The fraction of sp³-hybridized carbons (Fsp3) is 0.188. The van der Waals surface area contributed by atoms with Crippen molar-refractivity contribution in [3.05, 3.63) is 119 Å². The number of aryl methyl sites for hydroxylation is 1. The largest absolute Gasteiger partial charge is 0.449 e. The molecule has 0 bridgehead atoms. The highest BCUT2D eigenvalue weighted by Crippen LogP contribution is 2.36. The van der Waals surface area contributed by atoms with Crippen molar-refractivity contribution in [3.8, 4) is 5.75 Å². The van der Waals surface area contributed by atoms with Gasteiger partial charge < -0.3 is 14.5 Å². The van der Waals surface area contributed by atoms with Gasteiger partial charge in [-0.1, -0.05) is 54.1 Å². The van der Waals surface area contributed by atoms with Gasteiger partial charge in [-0.05, 0) is 54.5 Å². The molecule has 4 aromatic rings. The molecule has 0 spiro atoms. The Labute approximate surface area is 233 Å². The van der Waals surface area contributed by atoms with Gasteiger partial charge in [-0.15, -0.1) is 0 Å². The average Bonchev–Trinajstić information content (AvgIpc) is 3.01. The van der Waals surface area contributed by atoms with E-state index >= 15 is 0 Å². The van der Waals surface area contributed by atoms with Crippen LogP contribution in [0, 0.1) is 6.92 Å². The molecule has 2 amide bonds. The highest BCUT2D eigenvalue weighted by Gasteiger charge is 2.30. The van der Waals surface area contributed by atoms with E-state index in [1.165, 1.54) is 5.56 Å². The molecule has 0 unspecified atom stereocenters. The van der Waals surface area contributed by atoms with Crippen molar-refractivity contribution in [2.45, 2.75) is 13.5 Å². The Bertz CT molecular complexity index is 1540. The molecule has 6 rings (SSSR count). The van der Waals surface area contributed by atoms with Gasteiger partial charge in [0.05, 0.1) is 12.2 Å². The number of anilines is 2. The van der Waals surface area contributed by atoms with E-state index in [2.05, 4.69) is 14.9 Å². The van der Waals surface area contributed by atoms with E-state index in [1.807, 2.05) is 72.5 Å². The zero-order valence-corrected chi connectivity index (χ0v) is 22.2. The summed E-state index contributed by atoms with van der Waals surface area (Å²) in [7, 11) is 0. The first-order valence-corrected chi connectivity index (χ1v) is 13.3. The summed E-state index contributed by atoms with van der Waals surface area (Å²) in [5.74, 6) is 1.33. The van der Waals surface area contributed by atoms with Crippen LogP contribution < -0.4 is 14.5 Å². The van der Waals surface area contributed by atoms with E-state index in [4.69, 9.17) is 4.74 Å². The number of aromatic nitrogens is 2. The summed E-state index contributed by atoms with van der Waals surface area (Å²) in [6, 6.07) is 24.8. The number of rotatable bonds is 5. The van der Waals surface area contributed by atoms with Crippen LogP contribution in [0.2, 0.25) is 0 Å². The van der Waals surface area contributed by atoms with Gasteiger partial charge in [-0.3, -0.25) is 14.5 Å². The molecule has 1 aromatic heterocycles. The third-order valence-corrected chi connectivity index (χ3v) is 7.15. The number of carbonyl (C=O) groups is 2. The van der Waals surface area contributed by atoms with Crippen LogP contribution in [0.15, 0.2) is 97.0 Å². The van der Waals surface area contributed by atoms with Crippen LogP contribution in [0.3, 0.4) is 0 Å². The molecular formula is C32H29N5O3. The molecule has 3 heterocycles. The Kier molecular flexibility index (Phi) is 6.97. The Balaban J connectivity index is 1.16. The molecule has 8 nitrogen and oxygen atoms in total. The minimum atomic E-state index is -0.209. The Hall–Kier alpha value is -4.98. The van der Waals surface area contributed by atoms with E-state index in [0.717, 1.165) is 16.8 Å². The lowest BCUT2D eigenvalue weighted by atomic mass is 10.1. The summed E-state index contributed by atoms with van der Waals surface area (Å²) in [4.78, 5) is 41.0. The van der Waals surface area contributed by atoms with Crippen LogP contribution in [-0.2, 0) is 11.3 Å². The topological polar surface area (TPSA) is 78.9 Å². The molecule has 2 aliphatic heterocycles. The average molecular weight is 532 g/mol. The van der Waals surface area contributed by atoms with Crippen molar-refractivity contribution in [1.82, 2.24) is 14.9 Å². The highest BCUT2D eigenvalue weighted by molar-refractivity contribution is 6.09. The number of ether oxygens (including phenoxy) is 1. The van der Waals surface area contributed by atoms with Gasteiger partial charge in [0.1, 0.15) is 0 Å². The van der Waals surface area contributed by atoms with Gasteiger partial charge in [0.15, 0.2) is 11.5 Å². The zero-order chi connectivity index (χ0) is 27.5. The highest BCUT2D eigenvalue weighted by atomic mass is 16.5. The predicted octanol–water partition coefficient (Wildman–Crippen LogP) is 4.71. The lowest BCUT2D eigenvalue weighted by Gasteiger charge is -2.34. The summed E-state index contributed by atoms with van der Waals surface area (Å²) in [6.07, 6.45) is 5.18. The number of fused-ring (bicyclic) bond motifs is 1. The van der Waals surface area contributed by atoms with Gasteiger partial charge in [-0.25, -0.2) is 9.97 Å². The van der Waals surface area contributed by atoms with Gasteiger partial charge in [0.25, 0.3) is 11.8 Å². The SMILES string of the molecule is Cc1ccc(CN2C(=O)C(=Cc3ccc(C(=O)N4CCN(c5ncccn5)CC4)cc3)Oc3ccccc32)cc1. The summed E-state index contributed by atoms with van der Waals surface area (Å²) < 4.78 is 6.03. The summed E-state index contributed by atoms with van der Waals surface area (Å²) in [5.41, 5.74) is 4.33. The van der Waals surface area contributed by atoms with Crippen LogP contribution in [-0.4, -0.2) is 52.9 Å². The van der Waals surface area contributed by atoms with Crippen LogP contribution in [0.5, 0.6) is 5.75 Å². The maximum absolute atomic E-state index is 13.5. The number of benzene rings is 3. The molecule has 3 aromatic carbocycles. The number of piperazine rings is 1. The molecule has 200 valence electrons. The van der Waals surface area contributed by atoms with Crippen LogP contribution in [0.4, 0.5) is 11.6 Å². The second kappa shape index (κ2) is 11.0. The molecule has 0 N–H and O–H groups in total. The molecule has 40 heavy (non-hydrogen) atoms. The lowest BCUT2D eigenvalue weighted by Crippen LogP contribution is -2.49. The van der Waals surface area contributed by atoms with Crippen LogP contribution in [0.25, 0.3) is 6.08 Å². The molecule has 0 radical (unpaired) electrons. The van der Waals surface area contributed by atoms with E-state index in [1.54, 1.807) is 41.6 Å². The maximum atomic E-state index is 13.5. The quantitative estimate of drug-likeness (QED) is 0.347. The number of nitrogens with zero attached hydrogens (tertiary/aromatic N) is 5. The smallest absolute Gasteiger partial charge is 0.294 e. The Morgan fingerprint density at radius 1 is 0.875 bits per heavy atom. The van der Waals surface area contributed by atoms with Gasteiger partial charge in [0.2, 0.25) is 5.95 Å². The number of amides is 2. The fourth-order valence-corrected chi connectivity index (χ4v) is 4.92. The van der Waals surface area contributed by atoms with E-state index in [-0.39, 0.29) is 17.6 Å². The summed E-state index contributed by atoms with van der Waals surface area (Å²) in [6.45, 7) is 5.04. The minimum Gasteiger partial charge on any atom is -0.449 e. The van der Waals surface area contributed by atoms with Gasteiger partial charge >= 0.3 is 0 Å². The number of para-hydroxylation sites is 2. The van der Waals surface area contributed by atoms with Gasteiger partial charge in [-0.2, -0.15) is 0 Å². The van der Waals surface area contributed by atoms with E-state index in [9.17, 15) is 9.59 Å². The maximum Gasteiger partial charge on any atom is 0.294 e. The molecule has 0 atom stereocenters. The van der Waals surface area contributed by atoms with E-state index in [0.29, 0.717) is 50.0 Å². The summed E-state index contributed by atoms with van der Waals surface area (Å²) in [5, 5.41) is 0. The van der Waals surface area contributed by atoms with Crippen molar-refractivity contribution in [2.24, 2.45) is 0 Å². The monoisotopic (exact) mass is 531 g/mol. The molecule has 1 saturated heterocycles. The third-order valence-electron chi connectivity index (χ3n) is 7.15. The van der Waals surface area contributed by atoms with Crippen molar-refractivity contribution in [3.63, 3.8) is 0 Å². The molecule has 1 fully saturated rings. The standard InChI is InChI=1S/C32H29N5O3/c1-23-7-9-25(10-8-23)22-37-27-5-2-3-6-28(27)40-29(31(37)39)21-24-11-13-26(14-12-24)30(38)35-17-19-36(20-18-35)32-33-15-4-16-34-32/h2-16,21H,17-20,22H2,1H3. The second-order valence-corrected chi connectivity index (χ2v) is 9.91. The summed E-state index contributed by atoms with van der Waals surface area (Å²) >= 11 is 0. The van der Waals surface area contributed by atoms with Crippen LogP contribution >= 0.6 is 0 Å². The fourth-order valence-electron chi connectivity index (χ4n) is 4.92. The molecule has 0 saturated carbocycles. The normalized spacial score (nSPS) is 16.1. The van der Waals surface area contributed by atoms with Crippen molar-refractivity contribution < 1.29 is 14.3 Å². The Morgan fingerprint density at radius 2 is 1.57 bits per heavy atom. The Morgan fingerprint density at radius 3 is 2.30 bits per heavy atom. The van der Waals surface area contributed by atoms with E-state index < -0.39 is 0 Å². The van der Waals surface area contributed by atoms with Crippen molar-refractivity contribution >= 4 is 29.5 Å². The number of hydrogen-bond donors (Lipinski definition) is 0. The molecular weight excluding hydrogens is 502 g/mol. The molecule has 0 aliphatic carbocycles. The molecule has 8 heteroatoms. The number of hydrogen-bond acceptors (Lipinski definition) is 6. The van der Waals surface area contributed by atoms with Crippen molar-refractivity contribution in [1.29, 1.82) is 0 Å². The lowest BCUT2D eigenvalue weighted by molar-refractivity contribution is -0.117. The third kappa shape index (κ3) is 5.29. The first-order chi connectivity index (χ1) is 19.5. The second-order valence-electron chi connectivity index (χ2n) is 9.91. The first kappa shape index (κ1) is 25.3. The van der Waals surface area contributed by atoms with Gasteiger partial charge in [0, 0.05) is 44.1 Å². The first-order valence-electron chi connectivity index (χ1n) is 13.3. The molecule has 2 aliphatic rings. The predicted molar refractivity (Wildman–Crippen MR) is 154 cm³/mol. The van der Waals surface area contributed by atoms with Crippen LogP contribution in [0.1, 0.15) is 27.0 Å². The number of carbonyl (C=O) groups excluding carboxylic acids is 2. The minimum absolute atomic E-state index is 0.0176. The van der Waals surface area contributed by atoms with Crippen molar-refractivity contribution in [2.75, 3.05) is 36.0 Å². The zero-order valence-electron chi connectivity index (χ0n) is 22.2.